The van der Waals surface area contributed by atoms with Crippen molar-refractivity contribution in [3.8, 4) is 0 Å². The second-order valence-electron chi connectivity index (χ2n) is 3.20. The van der Waals surface area contributed by atoms with Crippen LogP contribution in [-0.4, -0.2) is 29.2 Å². The second-order valence-corrected chi connectivity index (χ2v) is 3.20. The summed E-state index contributed by atoms with van der Waals surface area (Å²) in [6.45, 7) is 0.960. The first-order valence-corrected chi connectivity index (χ1v) is 4.79. The molecule has 0 aliphatic rings. The van der Waals surface area contributed by atoms with Gasteiger partial charge in [0.1, 0.15) is 12.4 Å². The van der Waals surface area contributed by atoms with E-state index >= 15 is 0 Å². The van der Waals surface area contributed by atoms with Crippen LogP contribution in [0.25, 0.3) is 0 Å². The summed E-state index contributed by atoms with van der Waals surface area (Å²) in [5, 5.41) is 0. The lowest BCUT2D eigenvalue weighted by atomic mass is 10.4. The fraction of sp³-hybridized carbons (Fsp3) is 0.556. The summed E-state index contributed by atoms with van der Waals surface area (Å²) in [6, 6.07) is 0. The van der Waals surface area contributed by atoms with Gasteiger partial charge in [-0.3, -0.25) is 4.98 Å². The van der Waals surface area contributed by atoms with Crippen LogP contribution in [0.15, 0.2) is 12.4 Å². The maximum absolute atomic E-state index is 12.2. The average molecular weight is 234 g/mol. The zero-order valence-corrected chi connectivity index (χ0v) is 8.83. The molecule has 1 aromatic rings. The lowest BCUT2D eigenvalue weighted by Crippen LogP contribution is -2.34. The molecule has 1 rings (SSSR count). The first kappa shape index (κ1) is 12.7. The summed E-state index contributed by atoms with van der Waals surface area (Å²) in [6.07, 6.45) is -1.52. The third-order valence-corrected chi connectivity index (χ3v) is 1.96. The van der Waals surface area contributed by atoms with Crippen LogP contribution in [0.5, 0.6) is 0 Å². The summed E-state index contributed by atoms with van der Waals surface area (Å²) in [5.41, 5.74) is 5.81. The van der Waals surface area contributed by atoms with Gasteiger partial charge in [0, 0.05) is 19.3 Å². The van der Waals surface area contributed by atoms with Gasteiger partial charge >= 0.3 is 6.18 Å². The van der Waals surface area contributed by atoms with Gasteiger partial charge in [0.15, 0.2) is 0 Å². The van der Waals surface area contributed by atoms with Crippen LogP contribution in [0.3, 0.4) is 0 Å². The maximum atomic E-state index is 12.2. The van der Waals surface area contributed by atoms with E-state index in [2.05, 4.69) is 9.97 Å². The number of nitrogens with zero attached hydrogens (tertiary/aromatic N) is 3. The van der Waals surface area contributed by atoms with Crippen molar-refractivity contribution in [2.24, 2.45) is 5.73 Å². The fourth-order valence-electron chi connectivity index (χ4n) is 1.22. The van der Waals surface area contributed by atoms with Gasteiger partial charge in [-0.2, -0.15) is 13.2 Å². The van der Waals surface area contributed by atoms with E-state index in [1.807, 2.05) is 0 Å². The molecule has 0 atom stereocenters. The number of hydrogen-bond acceptors (Lipinski definition) is 4. The monoisotopic (exact) mass is 234 g/mol. The van der Waals surface area contributed by atoms with Crippen molar-refractivity contribution in [2.75, 3.05) is 18.0 Å². The number of aromatic nitrogens is 2. The Bertz CT molecular complexity index is 340. The molecule has 0 spiro atoms. The van der Waals surface area contributed by atoms with Gasteiger partial charge in [-0.05, 0) is 6.92 Å². The largest absolute Gasteiger partial charge is 0.405 e. The Morgan fingerprint density at radius 2 is 2.06 bits per heavy atom. The van der Waals surface area contributed by atoms with E-state index in [4.69, 9.17) is 5.73 Å². The van der Waals surface area contributed by atoms with Gasteiger partial charge in [0.05, 0.1) is 11.9 Å². The molecule has 0 radical (unpaired) electrons. The summed E-state index contributed by atoms with van der Waals surface area (Å²) < 4.78 is 36.7. The molecule has 4 nitrogen and oxygen atoms in total. The quantitative estimate of drug-likeness (QED) is 0.853. The minimum absolute atomic E-state index is 0.157. The SMILES string of the molecule is CCN(CC(F)(F)F)c1cncc(CN)n1. The maximum Gasteiger partial charge on any atom is 0.405 e. The van der Waals surface area contributed by atoms with E-state index in [0.717, 1.165) is 4.90 Å². The van der Waals surface area contributed by atoms with E-state index in [9.17, 15) is 13.2 Å². The normalized spacial score (nSPS) is 11.6. The Labute approximate surface area is 91.3 Å². The highest BCUT2D eigenvalue weighted by Crippen LogP contribution is 2.19. The van der Waals surface area contributed by atoms with Gasteiger partial charge in [0.25, 0.3) is 0 Å². The smallest absolute Gasteiger partial charge is 0.347 e. The van der Waals surface area contributed by atoms with Crippen molar-refractivity contribution in [1.82, 2.24) is 9.97 Å². The van der Waals surface area contributed by atoms with E-state index in [1.54, 1.807) is 6.92 Å². The van der Waals surface area contributed by atoms with Crippen molar-refractivity contribution in [1.29, 1.82) is 0 Å². The van der Waals surface area contributed by atoms with Crippen molar-refractivity contribution < 1.29 is 13.2 Å². The van der Waals surface area contributed by atoms with Gasteiger partial charge < -0.3 is 10.6 Å². The summed E-state index contributed by atoms with van der Waals surface area (Å²) in [5.74, 6) is 0.197. The highest BCUT2D eigenvalue weighted by Gasteiger charge is 2.30. The van der Waals surface area contributed by atoms with Crippen LogP contribution in [-0.2, 0) is 6.54 Å². The predicted octanol–water partition coefficient (Wildman–Crippen LogP) is 1.32. The van der Waals surface area contributed by atoms with Crippen molar-refractivity contribution in [3.05, 3.63) is 18.1 Å². The molecule has 16 heavy (non-hydrogen) atoms. The van der Waals surface area contributed by atoms with E-state index in [1.165, 1.54) is 12.4 Å². The lowest BCUT2D eigenvalue weighted by molar-refractivity contribution is -0.119. The molecular formula is C9H13F3N4. The van der Waals surface area contributed by atoms with Crippen LogP contribution in [0.4, 0.5) is 19.0 Å². The Hall–Kier alpha value is -1.37. The third kappa shape index (κ3) is 3.65. The number of anilines is 1. The average Bonchev–Trinajstić information content (AvgIpc) is 2.25. The van der Waals surface area contributed by atoms with Crippen LogP contribution < -0.4 is 10.6 Å². The molecule has 90 valence electrons. The highest BCUT2D eigenvalue weighted by molar-refractivity contribution is 5.36. The highest BCUT2D eigenvalue weighted by atomic mass is 19.4. The number of halogens is 3. The van der Waals surface area contributed by atoms with Gasteiger partial charge in [-0.15, -0.1) is 0 Å². The Morgan fingerprint density at radius 1 is 1.38 bits per heavy atom. The number of alkyl halides is 3. The molecule has 0 bridgehead atoms. The topological polar surface area (TPSA) is 55.0 Å². The molecule has 0 saturated carbocycles. The molecule has 0 unspecified atom stereocenters. The predicted molar refractivity (Wildman–Crippen MR) is 53.9 cm³/mol. The molecule has 1 heterocycles. The zero-order chi connectivity index (χ0) is 12.2. The van der Waals surface area contributed by atoms with Crippen LogP contribution in [0.1, 0.15) is 12.6 Å². The van der Waals surface area contributed by atoms with Crippen LogP contribution in [0.2, 0.25) is 0 Å². The molecule has 2 N–H and O–H groups in total. The van der Waals surface area contributed by atoms with Gasteiger partial charge in [-0.25, -0.2) is 4.98 Å². The lowest BCUT2D eigenvalue weighted by Gasteiger charge is -2.23. The minimum Gasteiger partial charge on any atom is -0.347 e. The zero-order valence-electron chi connectivity index (χ0n) is 8.83. The van der Waals surface area contributed by atoms with E-state index in [-0.39, 0.29) is 18.9 Å². The molecule has 0 aliphatic carbocycles. The van der Waals surface area contributed by atoms with Crippen molar-refractivity contribution in [3.63, 3.8) is 0 Å². The van der Waals surface area contributed by atoms with E-state index < -0.39 is 12.7 Å². The van der Waals surface area contributed by atoms with E-state index in [0.29, 0.717) is 5.69 Å². The molecule has 0 aromatic carbocycles. The molecule has 1 aromatic heterocycles. The van der Waals surface area contributed by atoms with Gasteiger partial charge in [-0.1, -0.05) is 0 Å². The molecule has 0 fully saturated rings. The Balaban J connectivity index is 2.86. The minimum atomic E-state index is -4.25. The Kier molecular flexibility index (Phi) is 4.05. The molecule has 0 saturated heterocycles. The first-order chi connectivity index (χ1) is 7.46. The molecule has 0 amide bonds. The molecule has 0 aliphatic heterocycles. The fourth-order valence-corrected chi connectivity index (χ4v) is 1.22. The van der Waals surface area contributed by atoms with Crippen LogP contribution in [0, 0.1) is 0 Å². The number of nitrogens with two attached hydrogens (primary N) is 1. The second kappa shape index (κ2) is 5.11. The number of hydrogen-bond donors (Lipinski definition) is 1. The number of rotatable bonds is 4. The molecule has 7 heteroatoms. The van der Waals surface area contributed by atoms with Crippen molar-refractivity contribution >= 4 is 5.82 Å². The van der Waals surface area contributed by atoms with Crippen LogP contribution >= 0.6 is 0 Å². The summed E-state index contributed by atoms with van der Waals surface area (Å²) in [4.78, 5) is 8.89. The third-order valence-electron chi connectivity index (χ3n) is 1.96. The summed E-state index contributed by atoms with van der Waals surface area (Å²) >= 11 is 0. The standard InChI is InChI=1S/C9H13F3N4/c1-2-16(6-9(10,11)12)8-5-14-4-7(3-13)15-8/h4-5H,2-3,6,13H2,1H3. The molecular weight excluding hydrogens is 221 g/mol. The van der Waals surface area contributed by atoms with Crippen molar-refractivity contribution in [2.45, 2.75) is 19.6 Å². The van der Waals surface area contributed by atoms with Gasteiger partial charge in [0.2, 0.25) is 0 Å². The Morgan fingerprint density at radius 3 is 2.56 bits per heavy atom. The first-order valence-electron chi connectivity index (χ1n) is 4.79. The summed E-state index contributed by atoms with van der Waals surface area (Å²) in [7, 11) is 0.